The minimum Gasteiger partial charge on any atom is -0.480 e. The minimum absolute atomic E-state index is 0.0973. The zero-order valence-corrected chi connectivity index (χ0v) is 19.7. The highest BCUT2D eigenvalue weighted by Crippen LogP contribution is 2.34. The Morgan fingerprint density at radius 1 is 1.12 bits per heavy atom. The Morgan fingerprint density at radius 3 is 2.50 bits per heavy atom. The first-order valence-corrected chi connectivity index (χ1v) is 12.0. The number of hydrogen-bond acceptors (Lipinski definition) is 6. The summed E-state index contributed by atoms with van der Waals surface area (Å²) in [6.45, 7) is -0.470. The molecule has 0 fully saturated rings. The van der Waals surface area contributed by atoms with Crippen molar-refractivity contribution in [3.63, 3.8) is 0 Å². The zero-order chi connectivity index (χ0) is 24.5. The Bertz CT molecular complexity index is 1350. The van der Waals surface area contributed by atoms with Crippen LogP contribution in [0, 0.1) is 0 Å². The van der Waals surface area contributed by atoms with Gasteiger partial charge in [0.1, 0.15) is 6.54 Å². The molecule has 34 heavy (non-hydrogen) atoms. The third kappa shape index (κ3) is 4.91. The van der Waals surface area contributed by atoms with Crippen molar-refractivity contribution in [2.24, 2.45) is 0 Å². The molecule has 1 aliphatic heterocycles. The Morgan fingerprint density at radius 2 is 1.85 bits per heavy atom. The zero-order valence-electron chi connectivity index (χ0n) is 17.4. The number of halogens is 2. The number of aliphatic carboxylic acids is 1. The average Bonchev–Trinajstić information content (AvgIpc) is 3.20. The molecule has 2 N–H and O–H groups in total. The number of sulfonamides is 1. The van der Waals surface area contributed by atoms with Crippen LogP contribution in [0.25, 0.3) is 0 Å². The van der Waals surface area contributed by atoms with Crippen molar-refractivity contribution in [3.8, 4) is 0 Å². The molecule has 3 aromatic rings. The van der Waals surface area contributed by atoms with E-state index in [2.05, 4.69) is 15.3 Å². The summed E-state index contributed by atoms with van der Waals surface area (Å²) < 4.78 is 27.4. The van der Waals surface area contributed by atoms with Gasteiger partial charge in [0.2, 0.25) is 0 Å². The van der Waals surface area contributed by atoms with Crippen molar-refractivity contribution < 1.29 is 23.1 Å². The first-order chi connectivity index (χ1) is 16.1. The van der Waals surface area contributed by atoms with Crippen LogP contribution in [-0.4, -0.2) is 48.6 Å². The lowest BCUT2D eigenvalue weighted by Crippen LogP contribution is -2.36. The molecule has 13 heteroatoms. The first-order valence-electron chi connectivity index (χ1n) is 9.83. The van der Waals surface area contributed by atoms with E-state index in [0.717, 1.165) is 4.31 Å². The van der Waals surface area contributed by atoms with E-state index in [4.69, 9.17) is 23.2 Å². The molecule has 2 amide bonds. The molecule has 0 saturated heterocycles. The largest absolute Gasteiger partial charge is 0.480 e. The summed E-state index contributed by atoms with van der Waals surface area (Å²) in [6, 6.07) is 7.92. The van der Waals surface area contributed by atoms with Gasteiger partial charge in [0.25, 0.3) is 10.0 Å². The standard InChI is InChI=1S/C21H17Cl2N5O5S/c22-14-8-15(23)10-17(9-14)34(32,33)28(12-20(29)30)16-1-2-18-13(7-16)3-6-27(18)21(31)26-19-11-24-4-5-25-19/h1-2,4-5,7-11H,3,6,12H2,(H,29,30)(H,25,26,31). The SMILES string of the molecule is O=C(O)CN(c1ccc2c(c1)CCN2C(=O)Nc1cnccn1)S(=O)(=O)c1cc(Cl)cc(Cl)c1. The summed E-state index contributed by atoms with van der Waals surface area (Å²) in [4.78, 5) is 33.4. The number of rotatable bonds is 6. The molecule has 0 unspecified atom stereocenters. The van der Waals surface area contributed by atoms with Gasteiger partial charge in [-0.05, 0) is 48.4 Å². The van der Waals surface area contributed by atoms with E-state index in [0.29, 0.717) is 24.2 Å². The van der Waals surface area contributed by atoms with E-state index in [1.807, 2.05) is 0 Å². The van der Waals surface area contributed by atoms with Crippen molar-refractivity contribution >= 4 is 62.4 Å². The van der Waals surface area contributed by atoms with Crippen molar-refractivity contribution in [1.29, 1.82) is 0 Å². The van der Waals surface area contributed by atoms with Gasteiger partial charge in [-0.2, -0.15) is 0 Å². The maximum Gasteiger partial charge on any atom is 0.327 e. The van der Waals surface area contributed by atoms with Gasteiger partial charge < -0.3 is 5.11 Å². The third-order valence-corrected chi connectivity index (χ3v) is 7.18. The van der Waals surface area contributed by atoms with Crippen molar-refractivity contribution in [2.45, 2.75) is 11.3 Å². The lowest BCUT2D eigenvalue weighted by Gasteiger charge is -2.24. The van der Waals surface area contributed by atoms with Gasteiger partial charge in [-0.3, -0.25) is 24.3 Å². The van der Waals surface area contributed by atoms with Gasteiger partial charge in [0.05, 0.1) is 16.8 Å². The Balaban J connectivity index is 1.66. The van der Waals surface area contributed by atoms with Gasteiger partial charge in [0, 0.05) is 34.7 Å². The lowest BCUT2D eigenvalue weighted by molar-refractivity contribution is -0.135. The number of hydrogen-bond donors (Lipinski definition) is 2. The van der Waals surface area contributed by atoms with Gasteiger partial charge in [-0.1, -0.05) is 23.2 Å². The van der Waals surface area contributed by atoms with Crippen molar-refractivity contribution in [2.75, 3.05) is 27.6 Å². The van der Waals surface area contributed by atoms with Crippen molar-refractivity contribution in [1.82, 2.24) is 9.97 Å². The maximum atomic E-state index is 13.3. The fraction of sp³-hybridized carbons (Fsp3) is 0.143. The first kappa shape index (κ1) is 23.7. The molecule has 176 valence electrons. The molecule has 1 aromatic heterocycles. The minimum atomic E-state index is -4.31. The van der Waals surface area contributed by atoms with E-state index in [-0.39, 0.29) is 26.4 Å². The summed E-state index contributed by atoms with van der Waals surface area (Å²) >= 11 is 11.9. The number of urea groups is 1. The number of aromatic nitrogens is 2. The molecule has 4 rings (SSSR count). The molecular weight excluding hydrogens is 505 g/mol. The molecule has 0 saturated carbocycles. The smallest absolute Gasteiger partial charge is 0.327 e. The van der Waals surface area contributed by atoms with E-state index >= 15 is 0 Å². The predicted octanol–water partition coefficient (Wildman–Crippen LogP) is 3.66. The van der Waals surface area contributed by atoms with Gasteiger partial charge >= 0.3 is 12.0 Å². The van der Waals surface area contributed by atoms with Crippen LogP contribution in [0.5, 0.6) is 0 Å². The molecule has 0 atom stereocenters. The fourth-order valence-electron chi connectivity index (χ4n) is 3.54. The van der Waals surface area contributed by atoms with Crippen LogP contribution in [0.2, 0.25) is 10.0 Å². The Labute approximate surface area is 204 Å². The lowest BCUT2D eigenvalue weighted by atomic mass is 10.1. The van der Waals surface area contributed by atoms with Crippen LogP contribution in [0.1, 0.15) is 5.56 Å². The second-order valence-corrected chi connectivity index (χ2v) is 9.98. The summed E-state index contributed by atoms with van der Waals surface area (Å²) in [5.74, 6) is -1.06. The molecule has 0 aliphatic carbocycles. The molecule has 1 aliphatic rings. The number of carboxylic acids is 1. The highest BCUT2D eigenvalue weighted by Gasteiger charge is 2.31. The van der Waals surface area contributed by atoms with Crippen LogP contribution >= 0.6 is 23.2 Å². The summed E-state index contributed by atoms with van der Waals surface area (Å²) in [5.41, 5.74) is 1.39. The van der Waals surface area contributed by atoms with Crippen LogP contribution < -0.4 is 14.5 Å². The number of carbonyl (C=O) groups excluding carboxylic acids is 1. The van der Waals surface area contributed by atoms with E-state index in [9.17, 15) is 23.1 Å². The molecule has 10 nitrogen and oxygen atoms in total. The third-order valence-electron chi connectivity index (χ3n) is 4.99. The second kappa shape index (κ2) is 9.45. The number of carbonyl (C=O) groups is 2. The fourth-order valence-corrected chi connectivity index (χ4v) is 5.67. The van der Waals surface area contributed by atoms with E-state index in [1.54, 1.807) is 12.1 Å². The van der Waals surface area contributed by atoms with E-state index < -0.39 is 28.6 Å². The molecule has 0 spiro atoms. The number of nitrogens with zero attached hydrogens (tertiary/aromatic N) is 4. The van der Waals surface area contributed by atoms with Crippen LogP contribution in [0.3, 0.4) is 0 Å². The normalized spacial score (nSPS) is 12.8. The average molecular weight is 522 g/mol. The Hall–Kier alpha value is -3.41. The molecule has 0 bridgehead atoms. The second-order valence-electron chi connectivity index (χ2n) is 7.25. The highest BCUT2D eigenvalue weighted by atomic mass is 35.5. The van der Waals surface area contributed by atoms with Gasteiger partial charge in [-0.25, -0.2) is 18.2 Å². The summed E-state index contributed by atoms with van der Waals surface area (Å²) in [5, 5.41) is 12.2. The van der Waals surface area contributed by atoms with Crippen LogP contribution in [0.4, 0.5) is 22.0 Å². The predicted molar refractivity (Wildman–Crippen MR) is 127 cm³/mol. The van der Waals surface area contributed by atoms with Crippen molar-refractivity contribution in [3.05, 3.63) is 70.6 Å². The highest BCUT2D eigenvalue weighted by molar-refractivity contribution is 7.92. The Kier molecular flexibility index (Phi) is 6.60. The summed E-state index contributed by atoms with van der Waals surface area (Å²) in [7, 11) is -4.31. The number of anilines is 3. The van der Waals surface area contributed by atoms with Crippen LogP contribution in [0.15, 0.2) is 59.9 Å². The number of amides is 2. The quantitative estimate of drug-likeness (QED) is 0.505. The number of benzene rings is 2. The van der Waals surface area contributed by atoms with Gasteiger partial charge in [0.15, 0.2) is 5.82 Å². The number of nitrogens with one attached hydrogen (secondary N) is 1. The molecule has 2 heterocycles. The van der Waals surface area contributed by atoms with E-state index in [1.165, 1.54) is 47.8 Å². The van der Waals surface area contributed by atoms with Gasteiger partial charge in [-0.15, -0.1) is 0 Å². The topological polar surface area (TPSA) is 133 Å². The molecule has 2 aromatic carbocycles. The molecular formula is C21H17Cl2N5O5S. The maximum absolute atomic E-state index is 13.3. The molecule has 0 radical (unpaired) electrons. The van der Waals surface area contributed by atoms with Crippen LogP contribution in [-0.2, 0) is 21.2 Å². The monoisotopic (exact) mass is 521 g/mol. The number of fused-ring (bicyclic) bond motifs is 1. The summed E-state index contributed by atoms with van der Waals surface area (Å²) in [6.07, 6.45) is 4.79. The number of carboxylic acid groups (broad SMARTS) is 1.